The van der Waals surface area contributed by atoms with E-state index in [0.29, 0.717) is 12.0 Å². The molecule has 0 radical (unpaired) electrons. The van der Waals surface area contributed by atoms with Gasteiger partial charge in [0.2, 0.25) is 0 Å². The van der Waals surface area contributed by atoms with E-state index in [1.807, 2.05) is 30.4 Å². The molecule has 0 heterocycles. The molecule has 92 valence electrons. The first-order chi connectivity index (χ1) is 8.57. The van der Waals surface area contributed by atoms with E-state index in [0.717, 1.165) is 5.57 Å². The van der Waals surface area contributed by atoms with Crippen molar-refractivity contribution in [3.8, 4) is 0 Å². The van der Waals surface area contributed by atoms with Gasteiger partial charge < -0.3 is 5.11 Å². The second-order valence-corrected chi connectivity index (χ2v) is 4.70. The zero-order chi connectivity index (χ0) is 13.0. The predicted octanol–water partition coefficient (Wildman–Crippen LogP) is 3.06. The summed E-state index contributed by atoms with van der Waals surface area (Å²) in [7, 11) is 0. The summed E-state index contributed by atoms with van der Waals surface area (Å²) >= 11 is 0. The SMILES string of the molecule is CC1(O)C=CC=C(/C=C/C(=O)c2ccccc2)C1. The minimum Gasteiger partial charge on any atom is -0.386 e. The van der Waals surface area contributed by atoms with Crippen LogP contribution in [0.2, 0.25) is 0 Å². The van der Waals surface area contributed by atoms with Crippen molar-refractivity contribution >= 4 is 5.78 Å². The molecule has 0 saturated heterocycles. The van der Waals surface area contributed by atoms with Crippen LogP contribution in [0.25, 0.3) is 0 Å². The number of carbonyl (C=O) groups excluding carboxylic acids is 1. The molecule has 0 amide bonds. The van der Waals surface area contributed by atoms with Gasteiger partial charge in [0, 0.05) is 12.0 Å². The number of carbonyl (C=O) groups is 1. The Hall–Kier alpha value is -1.93. The molecule has 0 fully saturated rings. The normalized spacial score (nSPS) is 23.1. The van der Waals surface area contributed by atoms with Crippen molar-refractivity contribution < 1.29 is 9.90 Å². The number of benzene rings is 1. The molecule has 18 heavy (non-hydrogen) atoms. The topological polar surface area (TPSA) is 37.3 Å². The lowest BCUT2D eigenvalue weighted by molar-refractivity contribution is 0.104. The highest BCUT2D eigenvalue weighted by molar-refractivity contribution is 6.04. The number of hydrogen-bond donors (Lipinski definition) is 1. The molecule has 1 aliphatic carbocycles. The van der Waals surface area contributed by atoms with Crippen molar-refractivity contribution in [1.29, 1.82) is 0 Å². The molecule has 1 N–H and O–H groups in total. The average Bonchev–Trinajstić information content (AvgIpc) is 2.36. The molecule has 2 nitrogen and oxygen atoms in total. The van der Waals surface area contributed by atoms with Gasteiger partial charge in [0.25, 0.3) is 0 Å². The van der Waals surface area contributed by atoms with Gasteiger partial charge in [0.15, 0.2) is 5.78 Å². The third-order valence-corrected chi connectivity index (χ3v) is 2.83. The Labute approximate surface area is 107 Å². The van der Waals surface area contributed by atoms with Crippen LogP contribution in [0, 0.1) is 0 Å². The lowest BCUT2D eigenvalue weighted by atomic mass is 9.91. The highest BCUT2D eigenvalue weighted by Crippen LogP contribution is 2.23. The van der Waals surface area contributed by atoms with Gasteiger partial charge in [-0.15, -0.1) is 0 Å². The number of hydrogen-bond acceptors (Lipinski definition) is 2. The molecule has 0 aromatic heterocycles. The Balaban J connectivity index is 2.07. The number of ketones is 1. The molecule has 0 saturated carbocycles. The number of allylic oxidation sites excluding steroid dienone is 4. The second kappa shape index (κ2) is 5.15. The number of rotatable bonds is 3. The fourth-order valence-electron chi connectivity index (χ4n) is 1.91. The first-order valence-corrected chi connectivity index (χ1v) is 5.95. The first-order valence-electron chi connectivity index (χ1n) is 5.95. The van der Waals surface area contributed by atoms with Gasteiger partial charge in [-0.05, 0) is 18.6 Å². The summed E-state index contributed by atoms with van der Waals surface area (Å²) < 4.78 is 0. The standard InChI is InChI=1S/C16H16O2/c1-16(18)11-5-6-13(12-16)9-10-15(17)14-7-3-2-4-8-14/h2-11,18H,12H2,1H3/b10-9+. The van der Waals surface area contributed by atoms with E-state index in [1.165, 1.54) is 0 Å². The molecule has 0 spiro atoms. The van der Waals surface area contributed by atoms with Gasteiger partial charge in [0.05, 0.1) is 5.60 Å². The summed E-state index contributed by atoms with van der Waals surface area (Å²) in [5.41, 5.74) is 0.809. The van der Waals surface area contributed by atoms with E-state index in [1.54, 1.807) is 37.3 Å². The molecule has 1 atom stereocenters. The molecule has 2 rings (SSSR count). The summed E-state index contributed by atoms with van der Waals surface area (Å²) in [6.45, 7) is 1.75. The molecule has 2 heteroatoms. The second-order valence-electron chi connectivity index (χ2n) is 4.70. The van der Waals surface area contributed by atoms with Crippen LogP contribution in [0.4, 0.5) is 0 Å². The average molecular weight is 240 g/mol. The van der Waals surface area contributed by atoms with Crippen LogP contribution in [0.15, 0.2) is 66.3 Å². The Morgan fingerprint density at radius 2 is 2.06 bits per heavy atom. The van der Waals surface area contributed by atoms with Crippen LogP contribution in [-0.2, 0) is 0 Å². The first kappa shape index (κ1) is 12.5. The Morgan fingerprint density at radius 3 is 2.72 bits per heavy atom. The molecule has 1 aromatic carbocycles. The van der Waals surface area contributed by atoms with E-state index < -0.39 is 5.60 Å². The summed E-state index contributed by atoms with van der Waals surface area (Å²) in [5.74, 6) is -0.0225. The zero-order valence-electron chi connectivity index (χ0n) is 10.3. The Bertz CT molecular complexity index is 519. The van der Waals surface area contributed by atoms with Gasteiger partial charge in [-0.2, -0.15) is 0 Å². The van der Waals surface area contributed by atoms with Crippen LogP contribution in [0.3, 0.4) is 0 Å². The van der Waals surface area contributed by atoms with Crippen molar-refractivity contribution in [1.82, 2.24) is 0 Å². The van der Waals surface area contributed by atoms with Gasteiger partial charge in [-0.1, -0.05) is 54.6 Å². The van der Waals surface area contributed by atoms with Crippen LogP contribution < -0.4 is 0 Å². The summed E-state index contributed by atoms with van der Waals surface area (Å²) in [4.78, 5) is 11.9. The largest absolute Gasteiger partial charge is 0.386 e. The van der Waals surface area contributed by atoms with Crippen LogP contribution >= 0.6 is 0 Å². The van der Waals surface area contributed by atoms with Crippen LogP contribution in [0.1, 0.15) is 23.7 Å². The van der Waals surface area contributed by atoms with E-state index >= 15 is 0 Å². The third kappa shape index (κ3) is 3.28. The fourth-order valence-corrected chi connectivity index (χ4v) is 1.91. The van der Waals surface area contributed by atoms with E-state index in [-0.39, 0.29) is 5.78 Å². The van der Waals surface area contributed by atoms with E-state index in [4.69, 9.17) is 0 Å². The van der Waals surface area contributed by atoms with Crippen LogP contribution in [-0.4, -0.2) is 16.5 Å². The lowest BCUT2D eigenvalue weighted by Gasteiger charge is -2.22. The highest BCUT2D eigenvalue weighted by atomic mass is 16.3. The molecular formula is C16H16O2. The van der Waals surface area contributed by atoms with E-state index in [9.17, 15) is 9.90 Å². The Morgan fingerprint density at radius 1 is 1.33 bits per heavy atom. The quantitative estimate of drug-likeness (QED) is 0.651. The summed E-state index contributed by atoms with van der Waals surface area (Å²) in [5, 5.41) is 9.88. The smallest absolute Gasteiger partial charge is 0.185 e. The number of aliphatic hydroxyl groups is 1. The van der Waals surface area contributed by atoms with E-state index in [2.05, 4.69) is 0 Å². The van der Waals surface area contributed by atoms with Crippen molar-refractivity contribution in [2.75, 3.05) is 0 Å². The summed E-state index contributed by atoms with van der Waals surface area (Å²) in [6, 6.07) is 9.14. The highest BCUT2D eigenvalue weighted by Gasteiger charge is 2.19. The maximum absolute atomic E-state index is 11.9. The maximum Gasteiger partial charge on any atom is 0.185 e. The fraction of sp³-hybridized carbons (Fsp3) is 0.188. The van der Waals surface area contributed by atoms with Crippen LogP contribution in [0.5, 0.6) is 0 Å². The molecule has 1 unspecified atom stereocenters. The lowest BCUT2D eigenvalue weighted by Crippen LogP contribution is -2.22. The summed E-state index contributed by atoms with van der Waals surface area (Å²) in [6.07, 6.45) is 9.33. The zero-order valence-corrected chi connectivity index (χ0v) is 10.3. The molecule has 0 aliphatic heterocycles. The molecule has 0 bridgehead atoms. The van der Waals surface area contributed by atoms with Crippen molar-refractivity contribution in [2.45, 2.75) is 18.9 Å². The minimum absolute atomic E-state index is 0.0225. The predicted molar refractivity (Wildman–Crippen MR) is 72.4 cm³/mol. The van der Waals surface area contributed by atoms with Gasteiger partial charge in [0.1, 0.15) is 0 Å². The van der Waals surface area contributed by atoms with Crippen molar-refractivity contribution in [3.63, 3.8) is 0 Å². The monoisotopic (exact) mass is 240 g/mol. The van der Waals surface area contributed by atoms with Crippen molar-refractivity contribution in [3.05, 3.63) is 71.8 Å². The molecule has 1 aromatic rings. The van der Waals surface area contributed by atoms with Gasteiger partial charge in [-0.25, -0.2) is 0 Å². The van der Waals surface area contributed by atoms with Gasteiger partial charge >= 0.3 is 0 Å². The van der Waals surface area contributed by atoms with Gasteiger partial charge in [-0.3, -0.25) is 4.79 Å². The third-order valence-electron chi connectivity index (χ3n) is 2.83. The Kier molecular flexibility index (Phi) is 3.58. The molecular weight excluding hydrogens is 224 g/mol. The minimum atomic E-state index is -0.815. The van der Waals surface area contributed by atoms with Crippen molar-refractivity contribution in [2.24, 2.45) is 0 Å². The maximum atomic E-state index is 11.9. The molecule has 1 aliphatic rings.